The molecule has 0 radical (unpaired) electrons. The van der Waals surface area contributed by atoms with E-state index in [0.29, 0.717) is 0 Å². The van der Waals surface area contributed by atoms with E-state index in [-0.39, 0.29) is 0 Å². The molecular formula is C14H16BrN3O. The highest BCUT2D eigenvalue weighted by Gasteiger charge is 2.03. The molecule has 1 heterocycles. The quantitative estimate of drug-likeness (QED) is 0.847. The Hall–Kier alpha value is -1.62. The van der Waals surface area contributed by atoms with E-state index < -0.39 is 0 Å². The van der Waals surface area contributed by atoms with Gasteiger partial charge < -0.3 is 10.1 Å². The fourth-order valence-corrected chi connectivity index (χ4v) is 2.13. The number of aryl methyl sites for hydroxylation is 1. The Balaban J connectivity index is 2.22. The minimum Gasteiger partial charge on any atom is -0.497 e. The van der Waals surface area contributed by atoms with E-state index in [4.69, 9.17) is 4.74 Å². The molecule has 5 heteroatoms. The van der Waals surface area contributed by atoms with Crippen molar-refractivity contribution in [1.29, 1.82) is 0 Å². The summed E-state index contributed by atoms with van der Waals surface area (Å²) < 4.78 is 5.98. The van der Waals surface area contributed by atoms with Crippen molar-refractivity contribution >= 4 is 27.4 Å². The highest BCUT2D eigenvalue weighted by molar-refractivity contribution is 9.10. The van der Waals surface area contributed by atoms with Crippen molar-refractivity contribution in [2.75, 3.05) is 12.4 Å². The second-order valence-corrected chi connectivity index (χ2v) is 4.91. The Bertz CT molecular complexity index is 560. The molecule has 0 bridgehead atoms. The molecule has 0 fully saturated rings. The number of nitrogens with zero attached hydrogens (tertiary/aromatic N) is 2. The molecule has 100 valence electrons. The van der Waals surface area contributed by atoms with Gasteiger partial charge in [-0.15, -0.1) is 0 Å². The number of rotatable bonds is 5. The first kappa shape index (κ1) is 13.8. The van der Waals surface area contributed by atoms with Crippen LogP contribution in [0.4, 0.5) is 11.5 Å². The summed E-state index contributed by atoms with van der Waals surface area (Å²) in [4.78, 5) is 8.82. The monoisotopic (exact) mass is 321 g/mol. The molecule has 1 N–H and O–H groups in total. The van der Waals surface area contributed by atoms with Crippen LogP contribution >= 0.6 is 15.9 Å². The summed E-state index contributed by atoms with van der Waals surface area (Å²) in [6, 6.07) is 9.60. The van der Waals surface area contributed by atoms with Crippen LogP contribution in [0.25, 0.3) is 0 Å². The number of nitrogens with one attached hydrogen (secondary N) is 1. The van der Waals surface area contributed by atoms with Gasteiger partial charge in [-0.2, -0.15) is 0 Å². The highest BCUT2D eigenvalue weighted by atomic mass is 79.9. The van der Waals surface area contributed by atoms with Crippen LogP contribution in [0.15, 0.2) is 34.9 Å². The van der Waals surface area contributed by atoms with Gasteiger partial charge in [0.2, 0.25) is 0 Å². The third kappa shape index (κ3) is 3.92. The molecule has 0 spiro atoms. The van der Waals surface area contributed by atoms with Gasteiger partial charge in [0.05, 0.1) is 7.11 Å². The smallest absolute Gasteiger partial charge is 0.135 e. The summed E-state index contributed by atoms with van der Waals surface area (Å²) in [5, 5.41) is 3.26. The van der Waals surface area contributed by atoms with Crippen molar-refractivity contribution < 1.29 is 4.74 Å². The van der Waals surface area contributed by atoms with Gasteiger partial charge >= 0.3 is 0 Å². The van der Waals surface area contributed by atoms with Crippen LogP contribution in [-0.2, 0) is 6.42 Å². The van der Waals surface area contributed by atoms with Gasteiger partial charge in [-0.05, 0) is 34.5 Å². The lowest BCUT2D eigenvalue weighted by molar-refractivity contribution is 0.415. The Morgan fingerprint density at radius 2 is 2.11 bits per heavy atom. The molecule has 2 rings (SSSR count). The predicted octanol–water partition coefficient (Wildman–Crippen LogP) is 3.94. The number of anilines is 2. The van der Waals surface area contributed by atoms with Crippen LogP contribution in [-0.4, -0.2) is 17.1 Å². The first-order chi connectivity index (χ1) is 9.21. The average Bonchev–Trinajstić information content (AvgIpc) is 2.38. The summed E-state index contributed by atoms with van der Waals surface area (Å²) in [6.07, 6.45) is 1.89. The van der Waals surface area contributed by atoms with Gasteiger partial charge in [-0.1, -0.05) is 13.0 Å². The summed E-state index contributed by atoms with van der Waals surface area (Å²) in [6.45, 7) is 2.11. The summed E-state index contributed by atoms with van der Waals surface area (Å²) in [5.41, 5.74) is 0.937. The zero-order valence-electron chi connectivity index (χ0n) is 11.0. The molecule has 0 saturated heterocycles. The molecule has 19 heavy (non-hydrogen) atoms. The number of benzene rings is 1. The third-order valence-corrected chi connectivity index (χ3v) is 2.96. The molecule has 1 aromatic heterocycles. The van der Waals surface area contributed by atoms with Gasteiger partial charge in [0.1, 0.15) is 22.0 Å². The first-order valence-corrected chi connectivity index (χ1v) is 6.95. The molecule has 0 aliphatic heterocycles. The lowest BCUT2D eigenvalue weighted by atomic mass is 10.3. The summed E-state index contributed by atoms with van der Waals surface area (Å²) >= 11 is 3.41. The van der Waals surface area contributed by atoms with Crippen LogP contribution in [0.2, 0.25) is 0 Å². The zero-order chi connectivity index (χ0) is 13.7. The van der Waals surface area contributed by atoms with Crippen LogP contribution in [0.1, 0.15) is 19.2 Å². The molecule has 0 atom stereocenters. The topological polar surface area (TPSA) is 47.0 Å². The van der Waals surface area contributed by atoms with E-state index >= 15 is 0 Å². The molecule has 0 unspecified atom stereocenters. The summed E-state index contributed by atoms with van der Waals surface area (Å²) in [7, 11) is 1.65. The average molecular weight is 322 g/mol. The SMILES string of the molecule is CCCc1nc(Br)cc(Nc2cccc(OC)c2)n1. The molecule has 0 amide bonds. The van der Waals surface area contributed by atoms with E-state index in [0.717, 1.165) is 40.5 Å². The Labute approximate surface area is 121 Å². The molecule has 0 saturated carbocycles. The first-order valence-electron chi connectivity index (χ1n) is 6.16. The van der Waals surface area contributed by atoms with E-state index in [1.165, 1.54) is 0 Å². The zero-order valence-corrected chi connectivity index (χ0v) is 12.6. The van der Waals surface area contributed by atoms with Crippen LogP contribution in [0.3, 0.4) is 0 Å². The third-order valence-electron chi connectivity index (χ3n) is 2.56. The van der Waals surface area contributed by atoms with E-state index in [2.05, 4.69) is 38.1 Å². The van der Waals surface area contributed by atoms with Crippen molar-refractivity contribution in [1.82, 2.24) is 9.97 Å². The maximum atomic E-state index is 5.20. The van der Waals surface area contributed by atoms with Crippen LogP contribution in [0.5, 0.6) is 5.75 Å². The number of hydrogen-bond acceptors (Lipinski definition) is 4. The van der Waals surface area contributed by atoms with Gasteiger partial charge in [-0.25, -0.2) is 9.97 Å². The standard InChI is InChI=1S/C14H16BrN3O/c1-3-5-13-17-12(15)9-14(18-13)16-10-6-4-7-11(8-10)19-2/h4,6-9H,3,5H2,1-2H3,(H,16,17,18). The van der Waals surface area contributed by atoms with Gasteiger partial charge in [-0.3, -0.25) is 0 Å². The molecular weight excluding hydrogens is 306 g/mol. The number of aromatic nitrogens is 2. The van der Waals surface area contributed by atoms with E-state index in [1.807, 2.05) is 30.3 Å². The Morgan fingerprint density at radius 3 is 2.84 bits per heavy atom. The van der Waals surface area contributed by atoms with E-state index in [1.54, 1.807) is 7.11 Å². The predicted molar refractivity (Wildman–Crippen MR) is 80.0 cm³/mol. The number of halogens is 1. The maximum absolute atomic E-state index is 5.20. The second kappa shape index (κ2) is 6.52. The minimum absolute atomic E-state index is 0.776. The number of methoxy groups -OCH3 is 1. The minimum atomic E-state index is 0.776. The molecule has 0 aliphatic carbocycles. The van der Waals surface area contributed by atoms with Gasteiger partial charge in [0.25, 0.3) is 0 Å². The van der Waals surface area contributed by atoms with Crippen molar-refractivity contribution in [3.63, 3.8) is 0 Å². The maximum Gasteiger partial charge on any atom is 0.135 e. The summed E-state index contributed by atoms with van der Waals surface area (Å²) in [5.74, 6) is 2.42. The number of hydrogen-bond donors (Lipinski definition) is 1. The van der Waals surface area contributed by atoms with Crippen LogP contribution < -0.4 is 10.1 Å². The van der Waals surface area contributed by atoms with Gasteiger partial charge in [0.15, 0.2) is 0 Å². The van der Waals surface area contributed by atoms with Crippen LogP contribution in [0, 0.1) is 0 Å². The normalized spacial score (nSPS) is 10.3. The van der Waals surface area contributed by atoms with Gasteiger partial charge in [0, 0.05) is 24.2 Å². The fraction of sp³-hybridized carbons (Fsp3) is 0.286. The molecule has 0 aliphatic rings. The van der Waals surface area contributed by atoms with Crippen molar-refractivity contribution in [3.05, 3.63) is 40.8 Å². The second-order valence-electron chi connectivity index (χ2n) is 4.10. The number of ether oxygens (including phenoxy) is 1. The molecule has 2 aromatic rings. The highest BCUT2D eigenvalue weighted by Crippen LogP contribution is 2.21. The molecule has 1 aromatic carbocycles. The van der Waals surface area contributed by atoms with Crippen molar-refractivity contribution in [3.8, 4) is 5.75 Å². The van der Waals surface area contributed by atoms with Crippen molar-refractivity contribution in [2.45, 2.75) is 19.8 Å². The van der Waals surface area contributed by atoms with Crippen molar-refractivity contribution in [2.24, 2.45) is 0 Å². The Morgan fingerprint density at radius 1 is 1.26 bits per heavy atom. The molecule has 4 nitrogen and oxygen atoms in total. The fourth-order valence-electron chi connectivity index (χ4n) is 1.71. The lowest BCUT2D eigenvalue weighted by Gasteiger charge is -2.09. The Kier molecular flexibility index (Phi) is 4.74. The largest absolute Gasteiger partial charge is 0.497 e. The lowest BCUT2D eigenvalue weighted by Crippen LogP contribution is -2.00. The van der Waals surface area contributed by atoms with E-state index in [9.17, 15) is 0 Å².